The molecule has 0 fully saturated rings. The third-order valence-electron chi connectivity index (χ3n) is 2.31. The summed E-state index contributed by atoms with van der Waals surface area (Å²) in [6.45, 7) is -3.02. The molecule has 0 spiro atoms. The van der Waals surface area contributed by atoms with Gasteiger partial charge in [-0.3, -0.25) is 0 Å². The molecule has 1 heterocycles. The van der Waals surface area contributed by atoms with Crippen LogP contribution in [0.2, 0.25) is 0 Å². The van der Waals surface area contributed by atoms with Crippen molar-refractivity contribution in [1.29, 1.82) is 5.26 Å². The number of benzene rings is 1. The molecule has 8 heteroatoms. The number of nitriles is 1. The zero-order valence-electron chi connectivity index (χ0n) is 9.74. The predicted octanol–water partition coefficient (Wildman–Crippen LogP) is 4.32. The zero-order chi connectivity index (χ0) is 14.7. The smallest absolute Gasteiger partial charge is 0.387 e. The van der Waals surface area contributed by atoms with E-state index in [0.29, 0.717) is 10.2 Å². The Kier molecular flexibility index (Phi) is 4.62. The lowest BCUT2D eigenvalue weighted by Gasteiger charge is -2.08. The number of thiazole rings is 1. The zero-order valence-corrected chi connectivity index (χ0v) is 12.1. The van der Waals surface area contributed by atoms with Crippen LogP contribution in [0.15, 0.2) is 18.2 Å². The van der Waals surface area contributed by atoms with Gasteiger partial charge in [-0.2, -0.15) is 14.0 Å². The summed E-state index contributed by atoms with van der Waals surface area (Å²) < 4.78 is 42.3. The number of nitrogens with zero attached hydrogens (tertiary/aromatic N) is 2. The predicted molar refractivity (Wildman–Crippen MR) is 71.5 cm³/mol. The minimum Gasteiger partial charge on any atom is -0.434 e. The summed E-state index contributed by atoms with van der Waals surface area (Å²) in [6, 6.07) is 5.08. The van der Waals surface area contributed by atoms with Crippen LogP contribution in [0.3, 0.4) is 0 Å². The second-order valence-corrected chi connectivity index (χ2v) is 5.20. The van der Waals surface area contributed by atoms with E-state index < -0.39 is 12.4 Å². The fourth-order valence-electron chi connectivity index (χ4n) is 1.51. The van der Waals surface area contributed by atoms with Crippen molar-refractivity contribution in [2.45, 2.75) is 11.9 Å². The summed E-state index contributed by atoms with van der Waals surface area (Å²) in [5.41, 5.74) is 0.271. The van der Waals surface area contributed by atoms with Crippen LogP contribution >= 0.6 is 27.3 Å². The molecule has 0 aliphatic carbocycles. The summed E-state index contributed by atoms with van der Waals surface area (Å²) in [4.78, 5) is 4.65. The third kappa shape index (κ3) is 3.11. The van der Waals surface area contributed by atoms with Gasteiger partial charge in [-0.15, -0.1) is 11.3 Å². The Morgan fingerprint density at radius 2 is 2.20 bits per heavy atom. The lowest BCUT2D eigenvalue weighted by molar-refractivity contribution is -0.0494. The molecular formula is C12H6BrF3N2OS. The van der Waals surface area contributed by atoms with Gasteiger partial charge in [-0.05, 0) is 18.2 Å². The SMILES string of the molecule is N#Cc1nc(-c2cc(F)ccc2OC(F)F)sc1CBr. The van der Waals surface area contributed by atoms with Crippen molar-refractivity contribution >= 4 is 27.3 Å². The van der Waals surface area contributed by atoms with Gasteiger partial charge in [0.25, 0.3) is 0 Å². The van der Waals surface area contributed by atoms with Crippen molar-refractivity contribution in [2.24, 2.45) is 0 Å². The van der Waals surface area contributed by atoms with Gasteiger partial charge >= 0.3 is 6.61 Å². The lowest BCUT2D eigenvalue weighted by Crippen LogP contribution is -2.03. The Balaban J connectivity index is 2.53. The molecule has 0 atom stereocenters. The summed E-state index contributed by atoms with van der Waals surface area (Å²) in [7, 11) is 0. The van der Waals surface area contributed by atoms with Crippen LogP contribution in [0.4, 0.5) is 13.2 Å². The molecule has 0 aliphatic heterocycles. The molecule has 0 N–H and O–H groups in total. The van der Waals surface area contributed by atoms with Crippen LogP contribution in [0.5, 0.6) is 5.75 Å². The van der Waals surface area contributed by atoms with Crippen LogP contribution < -0.4 is 4.74 Å². The maximum absolute atomic E-state index is 13.3. The minimum atomic E-state index is -3.02. The van der Waals surface area contributed by atoms with E-state index in [2.05, 4.69) is 25.7 Å². The van der Waals surface area contributed by atoms with Crippen LogP contribution in [0.25, 0.3) is 10.6 Å². The van der Waals surface area contributed by atoms with Gasteiger partial charge < -0.3 is 4.74 Å². The largest absolute Gasteiger partial charge is 0.434 e. The molecule has 1 aromatic carbocycles. The van der Waals surface area contributed by atoms with Gasteiger partial charge in [-0.1, -0.05) is 15.9 Å². The number of aromatic nitrogens is 1. The molecule has 2 aromatic rings. The highest BCUT2D eigenvalue weighted by atomic mass is 79.9. The number of hydrogen-bond donors (Lipinski definition) is 0. The molecule has 0 unspecified atom stereocenters. The monoisotopic (exact) mass is 362 g/mol. The highest BCUT2D eigenvalue weighted by Crippen LogP contribution is 2.36. The molecule has 0 aliphatic rings. The second kappa shape index (κ2) is 6.24. The number of alkyl halides is 3. The van der Waals surface area contributed by atoms with E-state index in [9.17, 15) is 13.2 Å². The van der Waals surface area contributed by atoms with E-state index in [1.807, 2.05) is 6.07 Å². The molecule has 2 rings (SSSR count). The van der Waals surface area contributed by atoms with Crippen LogP contribution in [-0.2, 0) is 5.33 Å². The molecule has 0 radical (unpaired) electrons. The Hall–Kier alpha value is -1.59. The maximum atomic E-state index is 13.3. The summed E-state index contributed by atoms with van der Waals surface area (Å²) in [5.74, 6) is -0.781. The molecule has 104 valence electrons. The summed E-state index contributed by atoms with van der Waals surface area (Å²) in [5, 5.41) is 9.58. The standard InChI is InChI=1S/C12H6BrF3N2OS/c13-4-10-8(5-17)18-11(20-10)7-3-6(14)1-2-9(7)19-12(15)16/h1-3,12H,4H2. The first-order valence-electron chi connectivity index (χ1n) is 5.25. The highest BCUT2D eigenvalue weighted by molar-refractivity contribution is 9.08. The minimum absolute atomic E-state index is 0.0963. The number of rotatable bonds is 4. The van der Waals surface area contributed by atoms with Crippen molar-refractivity contribution in [3.63, 3.8) is 0 Å². The summed E-state index contributed by atoms with van der Waals surface area (Å²) in [6.07, 6.45) is 0. The molecule has 0 amide bonds. The van der Waals surface area contributed by atoms with Gasteiger partial charge in [0, 0.05) is 5.33 Å². The highest BCUT2D eigenvalue weighted by Gasteiger charge is 2.18. The number of ether oxygens (including phenoxy) is 1. The average Bonchev–Trinajstić information content (AvgIpc) is 2.83. The fourth-order valence-corrected chi connectivity index (χ4v) is 3.00. The fraction of sp³-hybridized carbons (Fsp3) is 0.167. The molecule has 0 saturated carbocycles. The topological polar surface area (TPSA) is 45.9 Å². The van der Waals surface area contributed by atoms with Gasteiger partial charge in [-0.25, -0.2) is 9.37 Å². The maximum Gasteiger partial charge on any atom is 0.387 e. The van der Waals surface area contributed by atoms with Crippen molar-refractivity contribution in [3.8, 4) is 22.4 Å². The van der Waals surface area contributed by atoms with E-state index in [1.165, 1.54) is 0 Å². The lowest BCUT2D eigenvalue weighted by atomic mass is 10.2. The number of hydrogen-bond acceptors (Lipinski definition) is 4. The van der Waals surface area contributed by atoms with Crippen molar-refractivity contribution < 1.29 is 17.9 Å². The van der Waals surface area contributed by atoms with Gasteiger partial charge in [0.05, 0.1) is 10.4 Å². The van der Waals surface area contributed by atoms with Crippen molar-refractivity contribution in [1.82, 2.24) is 4.98 Å². The molecule has 20 heavy (non-hydrogen) atoms. The van der Waals surface area contributed by atoms with E-state index in [1.54, 1.807) is 0 Å². The normalized spacial score (nSPS) is 10.6. The first kappa shape index (κ1) is 14.8. The van der Waals surface area contributed by atoms with Crippen LogP contribution in [0.1, 0.15) is 10.6 Å². The van der Waals surface area contributed by atoms with Crippen molar-refractivity contribution in [2.75, 3.05) is 0 Å². The van der Waals surface area contributed by atoms with E-state index >= 15 is 0 Å². The van der Waals surface area contributed by atoms with E-state index in [-0.39, 0.29) is 22.0 Å². The molecule has 0 bridgehead atoms. The third-order valence-corrected chi connectivity index (χ3v) is 4.33. The first-order valence-corrected chi connectivity index (χ1v) is 7.19. The molecule has 3 nitrogen and oxygen atoms in total. The molecule has 1 aromatic heterocycles. The molecular weight excluding hydrogens is 357 g/mol. The van der Waals surface area contributed by atoms with Gasteiger partial charge in [0.2, 0.25) is 0 Å². The quantitative estimate of drug-likeness (QED) is 0.761. The average molecular weight is 363 g/mol. The number of halogens is 4. The van der Waals surface area contributed by atoms with Crippen LogP contribution in [0, 0.1) is 17.1 Å². The van der Waals surface area contributed by atoms with E-state index in [4.69, 9.17) is 5.26 Å². The van der Waals surface area contributed by atoms with E-state index in [0.717, 1.165) is 29.5 Å². The Bertz CT molecular complexity index is 669. The van der Waals surface area contributed by atoms with Crippen LogP contribution in [-0.4, -0.2) is 11.6 Å². The first-order chi connectivity index (χ1) is 9.55. The Morgan fingerprint density at radius 3 is 2.75 bits per heavy atom. The van der Waals surface area contributed by atoms with Gasteiger partial charge in [0.15, 0.2) is 5.69 Å². The Morgan fingerprint density at radius 1 is 1.45 bits per heavy atom. The van der Waals surface area contributed by atoms with Crippen molar-refractivity contribution in [3.05, 3.63) is 34.6 Å². The second-order valence-electron chi connectivity index (χ2n) is 3.56. The molecule has 0 saturated heterocycles. The summed E-state index contributed by atoms with van der Waals surface area (Å²) >= 11 is 4.32. The van der Waals surface area contributed by atoms with Gasteiger partial charge in [0.1, 0.15) is 22.6 Å². The Labute approximate surface area is 124 Å².